The maximum Gasteiger partial charge on any atom is 0.262 e. The van der Waals surface area contributed by atoms with Crippen LogP contribution >= 0.6 is 0 Å². The Kier molecular flexibility index (Phi) is 4.10. The third-order valence-corrected chi connectivity index (χ3v) is 4.26. The number of aliphatic hydroxyl groups is 1. The summed E-state index contributed by atoms with van der Waals surface area (Å²) < 4.78 is 8.37. The van der Waals surface area contributed by atoms with Gasteiger partial charge in [0, 0.05) is 24.9 Å². The summed E-state index contributed by atoms with van der Waals surface area (Å²) in [6, 6.07) is 9.20. The molecule has 4 aromatic rings. The van der Waals surface area contributed by atoms with E-state index in [2.05, 4.69) is 15.1 Å². The standard InChI is InChI=1S/C18H17N5O3/c1-26-13-5-3-12(4-6-13)16-15-14(21-18-19-11-20-23(16)18)7-9-22(17(15)25)8-2-10-24/h3-7,9,11,24H,2,8,10H2,1H3. The highest BCUT2D eigenvalue weighted by atomic mass is 16.5. The fourth-order valence-electron chi connectivity index (χ4n) is 3.00. The van der Waals surface area contributed by atoms with E-state index in [1.165, 1.54) is 6.33 Å². The molecule has 0 aliphatic rings. The molecule has 3 heterocycles. The molecule has 4 rings (SSSR count). The molecular weight excluding hydrogens is 334 g/mol. The number of nitrogens with zero attached hydrogens (tertiary/aromatic N) is 5. The molecule has 8 nitrogen and oxygen atoms in total. The largest absolute Gasteiger partial charge is 0.497 e. The van der Waals surface area contributed by atoms with E-state index in [-0.39, 0.29) is 12.2 Å². The van der Waals surface area contributed by atoms with Gasteiger partial charge < -0.3 is 14.4 Å². The lowest BCUT2D eigenvalue weighted by Crippen LogP contribution is -2.22. The molecule has 8 heteroatoms. The number of hydrogen-bond donors (Lipinski definition) is 1. The van der Waals surface area contributed by atoms with E-state index in [4.69, 9.17) is 9.84 Å². The molecule has 3 aromatic heterocycles. The lowest BCUT2D eigenvalue weighted by molar-refractivity contribution is 0.279. The van der Waals surface area contributed by atoms with Crippen LogP contribution in [0.5, 0.6) is 5.75 Å². The topological polar surface area (TPSA) is 94.5 Å². The van der Waals surface area contributed by atoms with E-state index in [9.17, 15) is 4.79 Å². The Morgan fingerprint density at radius 1 is 1.19 bits per heavy atom. The van der Waals surface area contributed by atoms with Crippen LogP contribution in [0.25, 0.3) is 27.9 Å². The molecule has 1 N–H and O–H groups in total. The molecule has 0 amide bonds. The normalized spacial score (nSPS) is 11.3. The molecule has 26 heavy (non-hydrogen) atoms. The summed E-state index contributed by atoms with van der Waals surface area (Å²) in [6.07, 6.45) is 3.61. The second kappa shape index (κ2) is 6.57. The maximum absolute atomic E-state index is 13.1. The van der Waals surface area contributed by atoms with Crippen LogP contribution in [0.1, 0.15) is 6.42 Å². The number of aliphatic hydroxyl groups excluding tert-OH is 1. The van der Waals surface area contributed by atoms with Crippen LogP contribution in [0, 0.1) is 0 Å². The van der Waals surface area contributed by atoms with Crippen molar-refractivity contribution in [3.05, 3.63) is 53.2 Å². The van der Waals surface area contributed by atoms with Crippen LogP contribution in [-0.4, -0.2) is 43.0 Å². The van der Waals surface area contributed by atoms with Gasteiger partial charge in [-0.25, -0.2) is 4.98 Å². The van der Waals surface area contributed by atoms with E-state index >= 15 is 0 Å². The van der Waals surface area contributed by atoms with Crippen molar-refractivity contribution in [2.45, 2.75) is 13.0 Å². The number of hydrogen-bond acceptors (Lipinski definition) is 6. The number of pyridine rings is 1. The summed E-state index contributed by atoms with van der Waals surface area (Å²) in [5.74, 6) is 1.15. The summed E-state index contributed by atoms with van der Waals surface area (Å²) in [6.45, 7) is 0.457. The van der Waals surface area contributed by atoms with Crippen LogP contribution in [0.2, 0.25) is 0 Å². The fourth-order valence-corrected chi connectivity index (χ4v) is 3.00. The number of aromatic nitrogens is 5. The first-order valence-electron chi connectivity index (χ1n) is 8.21. The molecule has 132 valence electrons. The van der Waals surface area contributed by atoms with E-state index in [0.717, 1.165) is 11.3 Å². The predicted molar refractivity (Wildman–Crippen MR) is 96.2 cm³/mol. The minimum atomic E-state index is -0.174. The van der Waals surface area contributed by atoms with Crippen LogP contribution in [0.4, 0.5) is 0 Å². The zero-order valence-electron chi connectivity index (χ0n) is 14.2. The number of aryl methyl sites for hydroxylation is 1. The van der Waals surface area contributed by atoms with Crippen molar-refractivity contribution in [2.24, 2.45) is 0 Å². The van der Waals surface area contributed by atoms with E-state index in [0.29, 0.717) is 35.3 Å². The first-order valence-corrected chi connectivity index (χ1v) is 8.21. The van der Waals surface area contributed by atoms with Gasteiger partial charge in [0.25, 0.3) is 11.3 Å². The molecule has 0 saturated heterocycles. The Morgan fingerprint density at radius 3 is 2.73 bits per heavy atom. The minimum absolute atomic E-state index is 0.0240. The second-order valence-corrected chi connectivity index (χ2v) is 5.81. The zero-order chi connectivity index (χ0) is 18.1. The van der Waals surface area contributed by atoms with E-state index in [1.807, 2.05) is 24.3 Å². The average molecular weight is 351 g/mol. The number of ether oxygens (including phenoxy) is 1. The Balaban J connectivity index is 2.05. The van der Waals surface area contributed by atoms with Gasteiger partial charge in [0.2, 0.25) is 0 Å². The smallest absolute Gasteiger partial charge is 0.262 e. The van der Waals surface area contributed by atoms with Crippen molar-refractivity contribution >= 4 is 16.7 Å². The van der Waals surface area contributed by atoms with Crippen LogP contribution in [0.3, 0.4) is 0 Å². The molecule has 0 bridgehead atoms. The Morgan fingerprint density at radius 2 is 2.00 bits per heavy atom. The van der Waals surface area contributed by atoms with Crippen molar-refractivity contribution in [1.29, 1.82) is 0 Å². The van der Waals surface area contributed by atoms with Crippen LogP contribution in [0.15, 0.2) is 47.7 Å². The minimum Gasteiger partial charge on any atom is -0.497 e. The monoisotopic (exact) mass is 351 g/mol. The first-order chi connectivity index (χ1) is 12.7. The Labute approximate surface area is 148 Å². The van der Waals surface area contributed by atoms with Gasteiger partial charge in [0.05, 0.1) is 23.7 Å². The Hall–Kier alpha value is -3.26. The van der Waals surface area contributed by atoms with E-state index < -0.39 is 0 Å². The predicted octanol–water partition coefficient (Wildman–Crippen LogP) is 1.50. The third-order valence-electron chi connectivity index (χ3n) is 4.26. The Bertz CT molecular complexity index is 1130. The summed E-state index contributed by atoms with van der Waals surface area (Å²) in [5, 5.41) is 13.8. The molecule has 1 aromatic carbocycles. The van der Waals surface area contributed by atoms with Crippen molar-refractivity contribution in [1.82, 2.24) is 24.1 Å². The second-order valence-electron chi connectivity index (χ2n) is 5.81. The van der Waals surface area contributed by atoms with Gasteiger partial charge in [-0.1, -0.05) is 0 Å². The highest BCUT2D eigenvalue weighted by Gasteiger charge is 2.17. The van der Waals surface area contributed by atoms with E-state index in [1.54, 1.807) is 28.5 Å². The molecule has 0 unspecified atom stereocenters. The highest BCUT2D eigenvalue weighted by Crippen LogP contribution is 2.27. The average Bonchev–Trinajstić information content (AvgIpc) is 3.14. The van der Waals surface area contributed by atoms with Crippen molar-refractivity contribution < 1.29 is 9.84 Å². The molecule has 0 radical (unpaired) electrons. The van der Waals surface area contributed by atoms with Crippen molar-refractivity contribution in [3.63, 3.8) is 0 Å². The summed E-state index contributed by atoms with van der Waals surface area (Å²) in [4.78, 5) is 21.7. The van der Waals surface area contributed by atoms with Gasteiger partial charge in [0.15, 0.2) is 0 Å². The molecule has 0 aliphatic carbocycles. The zero-order valence-corrected chi connectivity index (χ0v) is 14.2. The molecular formula is C18H17N5O3. The molecule has 0 aliphatic heterocycles. The SMILES string of the molecule is COc1ccc(-c2c3c(=O)n(CCCO)ccc3nc3ncnn23)cc1. The highest BCUT2D eigenvalue weighted by molar-refractivity contribution is 5.93. The van der Waals surface area contributed by atoms with Gasteiger partial charge in [-0.3, -0.25) is 4.79 Å². The molecule has 0 saturated carbocycles. The lowest BCUT2D eigenvalue weighted by atomic mass is 10.1. The molecule has 0 fully saturated rings. The quantitative estimate of drug-likeness (QED) is 0.585. The maximum atomic E-state index is 13.1. The van der Waals surface area contributed by atoms with Gasteiger partial charge >= 0.3 is 0 Å². The van der Waals surface area contributed by atoms with Gasteiger partial charge in [0.1, 0.15) is 12.1 Å². The van der Waals surface area contributed by atoms with Crippen LogP contribution in [-0.2, 0) is 6.54 Å². The molecule has 0 atom stereocenters. The summed E-state index contributed by atoms with van der Waals surface area (Å²) in [5.41, 5.74) is 1.83. The van der Waals surface area contributed by atoms with Crippen molar-refractivity contribution in [2.75, 3.05) is 13.7 Å². The summed E-state index contributed by atoms with van der Waals surface area (Å²) in [7, 11) is 1.60. The first kappa shape index (κ1) is 16.2. The number of rotatable bonds is 5. The summed E-state index contributed by atoms with van der Waals surface area (Å²) >= 11 is 0. The number of methoxy groups -OCH3 is 1. The number of fused-ring (bicyclic) bond motifs is 2. The third kappa shape index (κ3) is 2.60. The van der Waals surface area contributed by atoms with Crippen LogP contribution < -0.4 is 10.3 Å². The lowest BCUT2D eigenvalue weighted by Gasteiger charge is -2.11. The van der Waals surface area contributed by atoms with Gasteiger partial charge in [-0.05, 0) is 36.8 Å². The molecule has 0 spiro atoms. The van der Waals surface area contributed by atoms with Crippen molar-refractivity contribution in [3.8, 4) is 17.0 Å². The number of benzene rings is 1. The van der Waals surface area contributed by atoms with Gasteiger partial charge in [-0.2, -0.15) is 14.6 Å². The fraction of sp³-hybridized carbons (Fsp3) is 0.222. The van der Waals surface area contributed by atoms with Gasteiger partial charge in [-0.15, -0.1) is 0 Å².